The highest BCUT2D eigenvalue weighted by molar-refractivity contribution is 5.42. The Morgan fingerprint density at radius 1 is 1.30 bits per heavy atom. The van der Waals surface area contributed by atoms with E-state index < -0.39 is 0 Å². The lowest BCUT2D eigenvalue weighted by Gasteiger charge is -2.26. The summed E-state index contributed by atoms with van der Waals surface area (Å²) in [4.78, 5) is 7.19. The van der Waals surface area contributed by atoms with Crippen molar-refractivity contribution < 1.29 is 0 Å². The van der Waals surface area contributed by atoms with E-state index in [9.17, 15) is 0 Å². The molecule has 1 aromatic rings. The quantitative estimate of drug-likeness (QED) is 0.783. The lowest BCUT2D eigenvalue weighted by Crippen LogP contribution is -2.30. The average Bonchev–Trinajstić information content (AvgIpc) is 3.26. The summed E-state index contributed by atoms with van der Waals surface area (Å²) in [5.74, 6) is 1.83. The fraction of sp³-hybridized carbons (Fsp3) is 0.706. The molecular weight excluding hydrogens is 246 g/mol. The van der Waals surface area contributed by atoms with Gasteiger partial charge in [-0.2, -0.15) is 0 Å². The number of hydrogen-bond acceptors (Lipinski definition) is 3. The van der Waals surface area contributed by atoms with Gasteiger partial charge in [0, 0.05) is 24.8 Å². The molecule has 2 rings (SSSR count). The molecule has 0 bridgehead atoms. The molecule has 1 fully saturated rings. The van der Waals surface area contributed by atoms with Crippen molar-refractivity contribution in [3.8, 4) is 0 Å². The first-order valence-electron chi connectivity index (χ1n) is 8.07. The van der Waals surface area contributed by atoms with Crippen LogP contribution in [0.3, 0.4) is 0 Å². The van der Waals surface area contributed by atoms with Gasteiger partial charge in [-0.05, 0) is 50.3 Å². The van der Waals surface area contributed by atoms with Crippen molar-refractivity contribution in [2.24, 2.45) is 5.92 Å². The summed E-state index contributed by atoms with van der Waals surface area (Å²) >= 11 is 0. The van der Waals surface area contributed by atoms with Crippen molar-refractivity contribution in [1.82, 2.24) is 10.3 Å². The van der Waals surface area contributed by atoms with E-state index in [0.29, 0.717) is 12.0 Å². The Kier molecular flexibility index (Phi) is 5.41. The highest BCUT2D eigenvalue weighted by Gasteiger charge is 2.30. The van der Waals surface area contributed by atoms with Crippen LogP contribution in [0.4, 0.5) is 5.82 Å². The lowest BCUT2D eigenvalue weighted by atomic mass is 10.1. The first kappa shape index (κ1) is 15.3. The van der Waals surface area contributed by atoms with Gasteiger partial charge in [0.25, 0.3) is 0 Å². The lowest BCUT2D eigenvalue weighted by molar-refractivity contribution is 0.568. The number of pyridine rings is 1. The number of nitrogens with zero attached hydrogens (tertiary/aromatic N) is 2. The van der Waals surface area contributed by atoms with Crippen molar-refractivity contribution in [2.75, 3.05) is 18.0 Å². The molecule has 1 aliphatic rings. The van der Waals surface area contributed by atoms with Crippen molar-refractivity contribution >= 4 is 5.82 Å². The molecular formula is C17H29N3. The Balaban J connectivity index is 2.02. The van der Waals surface area contributed by atoms with Crippen LogP contribution in [0.25, 0.3) is 0 Å². The average molecular weight is 275 g/mol. The molecule has 1 aliphatic carbocycles. The summed E-state index contributed by atoms with van der Waals surface area (Å²) < 4.78 is 0. The summed E-state index contributed by atoms with van der Waals surface area (Å²) in [6, 6.07) is 5.54. The molecule has 1 N–H and O–H groups in total. The maximum absolute atomic E-state index is 4.71. The molecule has 0 aromatic carbocycles. The molecule has 0 spiro atoms. The Hall–Kier alpha value is -1.09. The molecule has 3 nitrogen and oxygen atoms in total. The Morgan fingerprint density at radius 2 is 2.05 bits per heavy atom. The maximum Gasteiger partial charge on any atom is 0.128 e. The van der Waals surface area contributed by atoms with Gasteiger partial charge in [-0.1, -0.05) is 26.8 Å². The van der Waals surface area contributed by atoms with Gasteiger partial charge in [-0.25, -0.2) is 4.98 Å². The van der Waals surface area contributed by atoms with Crippen LogP contribution in [0.1, 0.15) is 58.6 Å². The van der Waals surface area contributed by atoms with Gasteiger partial charge in [0.15, 0.2) is 0 Å². The van der Waals surface area contributed by atoms with E-state index >= 15 is 0 Å². The molecule has 0 amide bonds. The van der Waals surface area contributed by atoms with E-state index in [0.717, 1.165) is 24.9 Å². The van der Waals surface area contributed by atoms with Gasteiger partial charge in [-0.15, -0.1) is 0 Å². The second kappa shape index (κ2) is 7.07. The van der Waals surface area contributed by atoms with Crippen LogP contribution >= 0.6 is 0 Å². The van der Waals surface area contributed by atoms with Crippen LogP contribution in [-0.4, -0.2) is 24.1 Å². The van der Waals surface area contributed by atoms with Crippen LogP contribution in [0.5, 0.6) is 0 Å². The van der Waals surface area contributed by atoms with Crippen molar-refractivity contribution in [1.29, 1.82) is 0 Å². The van der Waals surface area contributed by atoms with E-state index in [1.165, 1.54) is 24.8 Å². The van der Waals surface area contributed by atoms with Crippen LogP contribution < -0.4 is 10.2 Å². The third-order valence-corrected chi connectivity index (χ3v) is 3.82. The van der Waals surface area contributed by atoms with Gasteiger partial charge in [0.05, 0.1) is 0 Å². The van der Waals surface area contributed by atoms with E-state index in [1.807, 2.05) is 6.20 Å². The Morgan fingerprint density at radius 3 is 2.55 bits per heavy atom. The zero-order chi connectivity index (χ0) is 14.5. The molecule has 20 heavy (non-hydrogen) atoms. The van der Waals surface area contributed by atoms with Crippen LogP contribution in [0.15, 0.2) is 18.3 Å². The first-order valence-corrected chi connectivity index (χ1v) is 8.07. The molecule has 112 valence electrons. The molecule has 0 aliphatic heterocycles. The number of rotatable bonds is 8. The highest BCUT2D eigenvalue weighted by atomic mass is 15.2. The van der Waals surface area contributed by atoms with E-state index in [1.54, 1.807) is 0 Å². The number of aromatic nitrogens is 1. The van der Waals surface area contributed by atoms with Gasteiger partial charge >= 0.3 is 0 Å². The van der Waals surface area contributed by atoms with Gasteiger partial charge in [0.2, 0.25) is 0 Å². The Labute approximate surface area is 123 Å². The van der Waals surface area contributed by atoms with Crippen molar-refractivity contribution in [2.45, 2.75) is 59.0 Å². The van der Waals surface area contributed by atoms with Crippen LogP contribution in [0.2, 0.25) is 0 Å². The van der Waals surface area contributed by atoms with Gasteiger partial charge in [-0.3, -0.25) is 0 Å². The molecule has 1 saturated carbocycles. The second-order valence-corrected chi connectivity index (χ2v) is 6.40. The summed E-state index contributed by atoms with van der Waals surface area (Å²) in [5.41, 5.74) is 1.28. The van der Waals surface area contributed by atoms with E-state index in [2.05, 4.69) is 50.0 Å². The zero-order valence-electron chi connectivity index (χ0n) is 13.4. The predicted octanol–water partition coefficient (Wildman–Crippen LogP) is 3.77. The van der Waals surface area contributed by atoms with Gasteiger partial charge < -0.3 is 10.2 Å². The fourth-order valence-electron chi connectivity index (χ4n) is 2.51. The summed E-state index contributed by atoms with van der Waals surface area (Å²) in [7, 11) is 0. The zero-order valence-corrected chi connectivity index (χ0v) is 13.4. The maximum atomic E-state index is 4.71. The highest BCUT2D eigenvalue weighted by Crippen LogP contribution is 2.31. The summed E-state index contributed by atoms with van der Waals surface area (Å²) in [5, 5.41) is 3.51. The topological polar surface area (TPSA) is 28.2 Å². The molecule has 1 heterocycles. The molecule has 0 radical (unpaired) electrons. The van der Waals surface area contributed by atoms with E-state index in [4.69, 9.17) is 4.98 Å². The first-order chi connectivity index (χ1) is 9.61. The summed E-state index contributed by atoms with van der Waals surface area (Å²) in [6.45, 7) is 11.1. The number of hydrogen-bond donors (Lipinski definition) is 1. The smallest absolute Gasteiger partial charge is 0.128 e. The van der Waals surface area contributed by atoms with Crippen LogP contribution in [0, 0.1) is 5.92 Å². The standard InChI is InChI=1S/C17H29N3/c1-5-10-18-14(4)15-6-9-17(19-11-15)20(12-13(2)3)16-7-8-16/h6,9,11,13-14,16,18H,5,7-8,10,12H2,1-4H3. The summed E-state index contributed by atoms with van der Waals surface area (Å²) in [6.07, 6.45) is 5.85. The monoisotopic (exact) mass is 275 g/mol. The van der Waals surface area contributed by atoms with Crippen LogP contribution in [-0.2, 0) is 0 Å². The number of nitrogens with one attached hydrogen (secondary N) is 1. The third-order valence-electron chi connectivity index (χ3n) is 3.82. The second-order valence-electron chi connectivity index (χ2n) is 6.40. The minimum atomic E-state index is 0.385. The van der Waals surface area contributed by atoms with Crippen molar-refractivity contribution in [3.05, 3.63) is 23.9 Å². The molecule has 1 atom stereocenters. The third kappa shape index (κ3) is 4.20. The van der Waals surface area contributed by atoms with E-state index in [-0.39, 0.29) is 0 Å². The molecule has 1 unspecified atom stereocenters. The molecule has 0 saturated heterocycles. The number of anilines is 1. The minimum absolute atomic E-state index is 0.385. The van der Waals surface area contributed by atoms with Crippen molar-refractivity contribution in [3.63, 3.8) is 0 Å². The molecule has 3 heteroatoms. The largest absolute Gasteiger partial charge is 0.353 e. The molecule has 1 aromatic heterocycles. The normalized spacial score (nSPS) is 16.4. The van der Waals surface area contributed by atoms with Gasteiger partial charge in [0.1, 0.15) is 5.82 Å². The predicted molar refractivity (Wildman–Crippen MR) is 86.2 cm³/mol. The SMILES string of the molecule is CCCNC(C)c1ccc(N(CC(C)C)C2CC2)nc1. The Bertz CT molecular complexity index is 395. The fourth-order valence-corrected chi connectivity index (χ4v) is 2.51. The minimum Gasteiger partial charge on any atom is -0.353 e.